The van der Waals surface area contributed by atoms with Gasteiger partial charge in [-0.05, 0) is 42.7 Å². The first-order valence-electron chi connectivity index (χ1n) is 13.0. The fourth-order valence-electron chi connectivity index (χ4n) is 4.70. The smallest absolute Gasteiger partial charge is 0.293 e. The van der Waals surface area contributed by atoms with Crippen molar-refractivity contribution in [2.75, 3.05) is 18.4 Å². The molecule has 1 aromatic carbocycles. The molecule has 12 heteroatoms. The zero-order chi connectivity index (χ0) is 28.6. The lowest BCUT2D eigenvalue weighted by molar-refractivity contribution is -0.125. The number of carbonyl (C=O) groups is 2. The minimum Gasteiger partial charge on any atom is -0.363 e. The summed E-state index contributed by atoms with van der Waals surface area (Å²) in [5, 5.41) is 17.9. The number of amides is 2. The van der Waals surface area contributed by atoms with Gasteiger partial charge < -0.3 is 20.1 Å². The summed E-state index contributed by atoms with van der Waals surface area (Å²) in [6.07, 6.45) is 3.70. The van der Waals surface area contributed by atoms with Crippen LogP contribution in [0.5, 0.6) is 0 Å². The quantitative estimate of drug-likeness (QED) is 0.294. The number of carbonyl (C=O) groups excluding carboxylic acids is 2. The van der Waals surface area contributed by atoms with Gasteiger partial charge in [0.15, 0.2) is 11.5 Å². The lowest BCUT2D eigenvalue weighted by Gasteiger charge is -2.16. The number of fused-ring (bicyclic) bond motifs is 1. The molecule has 2 amide bonds. The Balaban J connectivity index is 1.35. The molecule has 0 unspecified atom stereocenters. The summed E-state index contributed by atoms with van der Waals surface area (Å²) in [6.45, 7) is 12.1. The molecule has 0 spiro atoms. The summed E-state index contributed by atoms with van der Waals surface area (Å²) < 4.78 is 20.6. The van der Waals surface area contributed by atoms with Gasteiger partial charge in [-0.1, -0.05) is 44.6 Å². The first-order valence-corrected chi connectivity index (χ1v) is 13.0. The molecular weight excluding hydrogens is 515 g/mol. The Labute approximate surface area is 230 Å². The number of halogens is 1. The maximum atomic E-state index is 15.4. The highest BCUT2D eigenvalue weighted by atomic mass is 19.1. The Morgan fingerprint density at radius 1 is 1.30 bits per heavy atom. The molecule has 0 saturated carbocycles. The standard InChI is InChI=1S/C28H31FN8O3/c1-6-21(38)37-12-10-17(14-37)32-24-22-19(9-11-30-23(22)34-35-24)16-7-8-18(20(29)13-16)15(2)31-26(39)25-33-27(40-36-25)28(3,4)5/h6-9,11,13,15,17H,1,10,12,14H2,2-5H3,(H,31,39)(H2,30,32,34,35)/t15-,17-/m1/s1. The summed E-state index contributed by atoms with van der Waals surface area (Å²) >= 11 is 0. The molecule has 208 valence electrons. The number of hydrogen-bond donors (Lipinski definition) is 3. The number of nitrogens with one attached hydrogen (secondary N) is 3. The molecule has 0 bridgehead atoms. The minimum atomic E-state index is -0.648. The van der Waals surface area contributed by atoms with E-state index in [1.165, 1.54) is 12.1 Å². The van der Waals surface area contributed by atoms with Crippen LogP contribution in [0.3, 0.4) is 0 Å². The van der Waals surface area contributed by atoms with E-state index in [-0.39, 0.29) is 17.8 Å². The van der Waals surface area contributed by atoms with Crippen molar-refractivity contribution in [1.29, 1.82) is 0 Å². The SMILES string of the molecule is C=CC(=O)N1CC[C@@H](Nc2n[nH]c3nccc(-c4ccc([C@@H](C)NC(=O)c5noc(C(C)(C)C)n5)c(F)c4)c23)C1. The monoisotopic (exact) mass is 546 g/mol. The van der Waals surface area contributed by atoms with Crippen molar-refractivity contribution in [1.82, 2.24) is 35.5 Å². The van der Waals surface area contributed by atoms with E-state index in [2.05, 4.69) is 42.5 Å². The van der Waals surface area contributed by atoms with Crippen molar-refractivity contribution in [2.45, 2.75) is 51.6 Å². The number of H-pyrrole nitrogens is 1. The van der Waals surface area contributed by atoms with Crippen LogP contribution in [-0.4, -0.2) is 61.2 Å². The lowest BCUT2D eigenvalue weighted by Crippen LogP contribution is -2.30. The summed E-state index contributed by atoms with van der Waals surface area (Å²) in [5.74, 6) is -0.325. The number of pyridine rings is 1. The first-order chi connectivity index (χ1) is 19.0. The molecule has 1 aliphatic heterocycles. The van der Waals surface area contributed by atoms with Crippen LogP contribution in [0, 0.1) is 5.82 Å². The van der Waals surface area contributed by atoms with E-state index in [1.54, 1.807) is 36.2 Å². The molecule has 0 aliphatic carbocycles. The molecule has 11 nitrogen and oxygen atoms in total. The molecule has 3 N–H and O–H groups in total. The fraction of sp³-hybridized carbons (Fsp3) is 0.357. The number of aromatic nitrogens is 5. The van der Waals surface area contributed by atoms with Gasteiger partial charge in [-0.25, -0.2) is 9.37 Å². The normalized spacial score (nSPS) is 16.2. The van der Waals surface area contributed by atoms with Crippen molar-refractivity contribution in [2.24, 2.45) is 0 Å². The van der Waals surface area contributed by atoms with E-state index < -0.39 is 23.2 Å². The molecule has 1 aliphatic rings. The van der Waals surface area contributed by atoms with Crippen molar-refractivity contribution in [3.8, 4) is 11.1 Å². The average molecular weight is 547 g/mol. The number of benzene rings is 1. The predicted molar refractivity (Wildman–Crippen MR) is 147 cm³/mol. The second-order valence-electron chi connectivity index (χ2n) is 10.9. The van der Waals surface area contributed by atoms with Gasteiger partial charge in [-0.15, -0.1) is 0 Å². The highest BCUT2D eigenvalue weighted by Gasteiger charge is 2.27. The van der Waals surface area contributed by atoms with Gasteiger partial charge in [0, 0.05) is 36.3 Å². The Bertz CT molecular complexity index is 1590. The molecule has 3 aromatic heterocycles. The van der Waals surface area contributed by atoms with Crippen LogP contribution < -0.4 is 10.6 Å². The van der Waals surface area contributed by atoms with Crippen LogP contribution >= 0.6 is 0 Å². The number of nitrogens with zero attached hydrogens (tertiary/aromatic N) is 5. The predicted octanol–water partition coefficient (Wildman–Crippen LogP) is 4.13. The zero-order valence-corrected chi connectivity index (χ0v) is 22.8. The molecule has 1 fully saturated rings. The Hall–Kier alpha value is -4.61. The minimum absolute atomic E-state index is 0.00529. The molecular formula is C28H31FN8O3. The number of anilines is 1. The van der Waals surface area contributed by atoms with Crippen LogP contribution in [0.1, 0.15) is 62.2 Å². The third-order valence-electron chi connectivity index (χ3n) is 6.87. The highest BCUT2D eigenvalue weighted by Crippen LogP contribution is 2.34. The van der Waals surface area contributed by atoms with Crippen molar-refractivity contribution in [3.63, 3.8) is 0 Å². The van der Waals surface area contributed by atoms with E-state index in [4.69, 9.17) is 4.52 Å². The van der Waals surface area contributed by atoms with Crippen molar-refractivity contribution < 1.29 is 18.5 Å². The van der Waals surface area contributed by atoms with E-state index in [9.17, 15) is 9.59 Å². The third-order valence-corrected chi connectivity index (χ3v) is 6.87. The number of rotatable bonds is 7. The fourth-order valence-corrected chi connectivity index (χ4v) is 4.70. The number of likely N-dealkylation sites (tertiary alicyclic amines) is 1. The van der Waals surface area contributed by atoms with E-state index in [0.29, 0.717) is 41.6 Å². The topological polar surface area (TPSA) is 142 Å². The lowest BCUT2D eigenvalue weighted by atomic mass is 9.97. The first kappa shape index (κ1) is 27.0. The molecule has 5 rings (SSSR count). The van der Waals surface area contributed by atoms with Gasteiger partial charge in [-0.3, -0.25) is 14.7 Å². The maximum Gasteiger partial charge on any atom is 0.293 e. The third kappa shape index (κ3) is 5.29. The van der Waals surface area contributed by atoms with Crippen LogP contribution in [-0.2, 0) is 10.2 Å². The van der Waals surface area contributed by atoms with E-state index >= 15 is 4.39 Å². The summed E-state index contributed by atoms with van der Waals surface area (Å²) in [6, 6.07) is 6.01. The highest BCUT2D eigenvalue weighted by molar-refractivity contribution is 6.00. The molecule has 40 heavy (non-hydrogen) atoms. The largest absolute Gasteiger partial charge is 0.363 e. The summed E-state index contributed by atoms with van der Waals surface area (Å²) in [4.78, 5) is 34.9. The van der Waals surface area contributed by atoms with Gasteiger partial charge in [0.05, 0.1) is 11.4 Å². The molecule has 4 aromatic rings. The van der Waals surface area contributed by atoms with Gasteiger partial charge in [0.2, 0.25) is 11.8 Å². The second kappa shape index (κ2) is 10.5. The average Bonchev–Trinajstić information content (AvgIpc) is 3.68. The maximum absolute atomic E-state index is 15.4. The van der Waals surface area contributed by atoms with Gasteiger partial charge in [-0.2, -0.15) is 10.1 Å². The Kier molecular flexibility index (Phi) is 7.09. The van der Waals surface area contributed by atoms with E-state index in [1.807, 2.05) is 20.8 Å². The van der Waals surface area contributed by atoms with Gasteiger partial charge in [0.1, 0.15) is 5.82 Å². The van der Waals surface area contributed by atoms with E-state index in [0.717, 1.165) is 17.4 Å². The molecule has 1 saturated heterocycles. The van der Waals surface area contributed by atoms with Crippen LogP contribution in [0.15, 0.2) is 47.6 Å². The second-order valence-corrected chi connectivity index (χ2v) is 10.9. The zero-order valence-electron chi connectivity index (χ0n) is 22.8. The molecule has 2 atom stereocenters. The van der Waals surface area contributed by atoms with Crippen LogP contribution in [0.2, 0.25) is 0 Å². The number of aromatic amines is 1. The van der Waals surface area contributed by atoms with Gasteiger partial charge >= 0.3 is 0 Å². The summed E-state index contributed by atoms with van der Waals surface area (Å²) in [5.41, 5.74) is 1.83. The van der Waals surface area contributed by atoms with Crippen molar-refractivity contribution in [3.05, 3.63) is 66.2 Å². The van der Waals surface area contributed by atoms with Crippen molar-refractivity contribution >= 4 is 28.7 Å². The van der Waals surface area contributed by atoms with Gasteiger partial charge in [0.25, 0.3) is 11.7 Å². The Morgan fingerprint density at radius 3 is 2.80 bits per heavy atom. The molecule has 0 radical (unpaired) electrons. The van der Waals surface area contributed by atoms with Crippen LogP contribution in [0.25, 0.3) is 22.2 Å². The summed E-state index contributed by atoms with van der Waals surface area (Å²) in [7, 11) is 0. The number of hydrogen-bond acceptors (Lipinski definition) is 8. The van der Waals surface area contributed by atoms with Crippen LogP contribution in [0.4, 0.5) is 10.2 Å². The molecule has 4 heterocycles. The Morgan fingerprint density at radius 2 is 2.10 bits per heavy atom.